The molecule has 0 amide bonds. The molecule has 0 saturated heterocycles. The number of hydrogen-bond acceptors (Lipinski definition) is 5. The SMILES string of the molecule is CCCC(=NOCC)C1=C(O)CC(c2cc3ccccc3s2)CC1=O. The Morgan fingerprint density at radius 1 is 1.32 bits per heavy atom. The quantitative estimate of drug-likeness (QED) is 0.560. The molecule has 1 aliphatic rings. The topological polar surface area (TPSA) is 58.9 Å². The maximum absolute atomic E-state index is 12.7. The third-order valence-electron chi connectivity index (χ3n) is 4.37. The molecule has 3 rings (SSSR count). The van der Waals surface area contributed by atoms with Crippen molar-refractivity contribution >= 4 is 32.9 Å². The van der Waals surface area contributed by atoms with E-state index >= 15 is 0 Å². The number of aliphatic hydroxyl groups excluding tert-OH is 1. The maximum Gasteiger partial charge on any atom is 0.168 e. The van der Waals surface area contributed by atoms with Crippen LogP contribution in [-0.4, -0.2) is 23.2 Å². The van der Waals surface area contributed by atoms with Crippen LogP contribution in [0.1, 0.15) is 50.3 Å². The van der Waals surface area contributed by atoms with Gasteiger partial charge in [-0.1, -0.05) is 36.7 Å². The molecular weight excluding hydrogens is 334 g/mol. The second-order valence-electron chi connectivity index (χ2n) is 6.24. The van der Waals surface area contributed by atoms with Gasteiger partial charge in [0.15, 0.2) is 5.78 Å². The molecule has 4 nitrogen and oxygen atoms in total. The second kappa shape index (κ2) is 7.83. The van der Waals surface area contributed by atoms with Crippen molar-refractivity contribution in [2.24, 2.45) is 5.16 Å². The van der Waals surface area contributed by atoms with Crippen LogP contribution >= 0.6 is 11.3 Å². The molecule has 0 bridgehead atoms. The van der Waals surface area contributed by atoms with Gasteiger partial charge in [0, 0.05) is 28.3 Å². The van der Waals surface area contributed by atoms with E-state index < -0.39 is 0 Å². The van der Waals surface area contributed by atoms with Crippen molar-refractivity contribution in [3.8, 4) is 0 Å². The summed E-state index contributed by atoms with van der Waals surface area (Å²) in [4.78, 5) is 19.0. The lowest BCUT2D eigenvalue weighted by molar-refractivity contribution is -0.116. The van der Waals surface area contributed by atoms with Crippen molar-refractivity contribution in [2.75, 3.05) is 6.61 Å². The number of allylic oxidation sites excluding steroid dienone is 2. The number of benzene rings is 1. The van der Waals surface area contributed by atoms with Crippen molar-refractivity contribution < 1.29 is 14.7 Å². The molecule has 5 heteroatoms. The van der Waals surface area contributed by atoms with E-state index in [9.17, 15) is 9.90 Å². The normalized spacial score (nSPS) is 18.9. The molecule has 0 fully saturated rings. The van der Waals surface area contributed by atoms with Crippen LogP contribution in [0.25, 0.3) is 10.1 Å². The summed E-state index contributed by atoms with van der Waals surface area (Å²) in [5.74, 6) is 0.132. The lowest BCUT2D eigenvalue weighted by Gasteiger charge is -2.23. The first-order valence-electron chi connectivity index (χ1n) is 8.77. The number of hydrogen-bond donors (Lipinski definition) is 1. The van der Waals surface area contributed by atoms with E-state index in [4.69, 9.17) is 4.84 Å². The minimum atomic E-state index is -0.0434. The Bertz CT molecular complexity index is 801. The number of Topliss-reactive ketones (excluding diaryl/α,β-unsaturated/α-hetero) is 1. The van der Waals surface area contributed by atoms with E-state index in [1.165, 1.54) is 10.1 Å². The van der Waals surface area contributed by atoms with Gasteiger partial charge in [-0.05, 0) is 30.9 Å². The fourth-order valence-electron chi connectivity index (χ4n) is 3.22. The highest BCUT2D eigenvalue weighted by molar-refractivity contribution is 7.19. The van der Waals surface area contributed by atoms with E-state index in [0.29, 0.717) is 37.2 Å². The average Bonchev–Trinajstić information content (AvgIpc) is 3.03. The number of thiophene rings is 1. The molecule has 0 saturated carbocycles. The molecule has 25 heavy (non-hydrogen) atoms. The Morgan fingerprint density at radius 3 is 2.80 bits per heavy atom. The molecule has 2 aromatic rings. The number of aliphatic hydroxyl groups is 1. The zero-order chi connectivity index (χ0) is 17.8. The van der Waals surface area contributed by atoms with E-state index in [-0.39, 0.29) is 17.5 Å². The lowest BCUT2D eigenvalue weighted by atomic mass is 9.83. The minimum Gasteiger partial charge on any atom is -0.511 e. The number of rotatable bonds is 6. The molecule has 1 aromatic carbocycles. The number of ketones is 1. The largest absolute Gasteiger partial charge is 0.511 e. The van der Waals surface area contributed by atoms with Crippen LogP contribution in [0.15, 0.2) is 46.8 Å². The van der Waals surface area contributed by atoms with Gasteiger partial charge < -0.3 is 9.94 Å². The van der Waals surface area contributed by atoms with Crippen LogP contribution in [0, 0.1) is 0 Å². The summed E-state index contributed by atoms with van der Waals surface area (Å²) in [7, 11) is 0. The average molecular weight is 357 g/mol. The standard InChI is InChI=1S/C20H23NO3S/c1-3-7-15(21-24-4-2)20-16(22)10-14(11-17(20)23)19-12-13-8-5-6-9-18(13)25-19/h5-6,8-9,12,14,22H,3-4,7,10-11H2,1-2H3. The first kappa shape index (κ1) is 17.7. The molecule has 1 atom stereocenters. The van der Waals surface area contributed by atoms with Gasteiger partial charge in [-0.3, -0.25) is 4.79 Å². The van der Waals surface area contributed by atoms with Crippen LogP contribution < -0.4 is 0 Å². The molecule has 1 aromatic heterocycles. The minimum absolute atomic E-state index is 0.0311. The van der Waals surface area contributed by atoms with E-state index in [0.717, 1.165) is 11.3 Å². The van der Waals surface area contributed by atoms with Crippen LogP contribution in [0.5, 0.6) is 0 Å². The van der Waals surface area contributed by atoms with Gasteiger partial charge in [-0.25, -0.2) is 0 Å². The molecule has 1 heterocycles. The highest BCUT2D eigenvalue weighted by Gasteiger charge is 2.32. The molecule has 1 aliphatic carbocycles. The summed E-state index contributed by atoms with van der Waals surface area (Å²) >= 11 is 1.70. The number of oxime groups is 1. The molecule has 1 N–H and O–H groups in total. The fourth-order valence-corrected chi connectivity index (χ4v) is 4.39. The first-order chi connectivity index (χ1) is 12.1. The van der Waals surface area contributed by atoms with Crippen LogP contribution in [0.4, 0.5) is 0 Å². The van der Waals surface area contributed by atoms with Gasteiger partial charge in [0.2, 0.25) is 0 Å². The summed E-state index contributed by atoms with van der Waals surface area (Å²) in [6, 6.07) is 10.3. The molecule has 132 valence electrons. The zero-order valence-electron chi connectivity index (χ0n) is 14.6. The number of nitrogens with zero attached hydrogens (tertiary/aromatic N) is 1. The Morgan fingerprint density at radius 2 is 2.12 bits per heavy atom. The number of carbonyl (C=O) groups excluding carboxylic acids is 1. The highest BCUT2D eigenvalue weighted by Crippen LogP contribution is 2.39. The summed E-state index contributed by atoms with van der Waals surface area (Å²) in [6.45, 7) is 4.31. The third kappa shape index (κ3) is 3.76. The van der Waals surface area contributed by atoms with Crippen molar-refractivity contribution in [1.29, 1.82) is 0 Å². The van der Waals surface area contributed by atoms with Gasteiger partial charge in [-0.15, -0.1) is 11.3 Å². The second-order valence-corrected chi connectivity index (χ2v) is 7.36. The number of carbonyl (C=O) groups is 1. The van der Waals surface area contributed by atoms with Crippen LogP contribution in [0.2, 0.25) is 0 Å². The van der Waals surface area contributed by atoms with Gasteiger partial charge in [-0.2, -0.15) is 0 Å². The third-order valence-corrected chi connectivity index (χ3v) is 5.64. The summed E-state index contributed by atoms with van der Waals surface area (Å²) in [5.41, 5.74) is 0.939. The van der Waals surface area contributed by atoms with Gasteiger partial charge in [0.05, 0.1) is 11.3 Å². The lowest BCUT2D eigenvalue weighted by Crippen LogP contribution is -2.23. The molecule has 0 aliphatic heterocycles. The fraction of sp³-hybridized carbons (Fsp3) is 0.400. The highest BCUT2D eigenvalue weighted by atomic mass is 32.1. The predicted molar refractivity (Wildman–Crippen MR) is 102 cm³/mol. The van der Waals surface area contributed by atoms with E-state index in [1.807, 2.05) is 26.0 Å². The Balaban J connectivity index is 1.89. The van der Waals surface area contributed by atoms with Crippen molar-refractivity contribution in [3.05, 3.63) is 46.5 Å². The van der Waals surface area contributed by atoms with Crippen molar-refractivity contribution in [1.82, 2.24) is 0 Å². The summed E-state index contributed by atoms with van der Waals surface area (Å²) < 4.78 is 1.21. The zero-order valence-corrected chi connectivity index (χ0v) is 15.4. The van der Waals surface area contributed by atoms with Crippen molar-refractivity contribution in [3.63, 3.8) is 0 Å². The van der Waals surface area contributed by atoms with Gasteiger partial charge >= 0.3 is 0 Å². The first-order valence-corrected chi connectivity index (χ1v) is 9.58. The monoisotopic (exact) mass is 357 g/mol. The predicted octanol–water partition coefficient (Wildman–Crippen LogP) is 5.35. The molecule has 0 spiro atoms. The number of fused-ring (bicyclic) bond motifs is 1. The Labute approximate surface area is 151 Å². The van der Waals surface area contributed by atoms with Gasteiger partial charge in [0.25, 0.3) is 0 Å². The molecule has 1 unspecified atom stereocenters. The van der Waals surface area contributed by atoms with Crippen molar-refractivity contribution in [2.45, 2.75) is 45.4 Å². The molecular formula is C20H23NO3S. The maximum atomic E-state index is 12.7. The molecule has 0 radical (unpaired) electrons. The summed E-state index contributed by atoms with van der Waals surface area (Å²) in [6.07, 6.45) is 2.35. The Kier molecular flexibility index (Phi) is 5.53. The smallest absolute Gasteiger partial charge is 0.168 e. The van der Waals surface area contributed by atoms with E-state index in [1.54, 1.807) is 11.3 Å². The Hall–Kier alpha value is -2.14. The van der Waals surface area contributed by atoms with Gasteiger partial charge in [0.1, 0.15) is 12.4 Å². The summed E-state index contributed by atoms with van der Waals surface area (Å²) in [5, 5.41) is 15.8. The van der Waals surface area contributed by atoms with Crippen LogP contribution in [-0.2, 0) is 9.63 Å². The van der Waals surface area contributed by atoms with E-state index in [2.05, 4.69) is 23.4 Å². The van der Waals surface area contributed by atoms with Crippen LogP contribution in [0.3, 0.4) is 0 Å².